The van der Waals surface area contributed by atoms with Crippen molar-refractivity contribution in [1.82, 2.24) is 14.6 Å². The zero-order valence-corrected chi connectivity index (χ0v) is 11.2. The Bertz CT molecular complexity index is 732. The van der Waals surface area contributed by atoms with E-state index in [9.17, 15) is 26.3 Å². The van der Waals surface area contributed by atoms with Crippen LogP contribution in [0.15, 0.2) is 12.3 Å². The van der Waals surface area contributed by atoms with Crippen LogP contribution in [0, 0.1) is 0 Å². The normalized spacial score (nSPS) is 22.0. The van der Waals surface area contributed by atoms with Gasteiger partial charge in [0, 0.05) is 12.6 Å². The second kappa shape index (κ2) is 4.26. The van der Waals surface area contributed by atoms with E-state index < -0.39 is 30.7 Å². The van der Waals surface area contributed by atoms with E-state index in [1.54, 1.807) is 0 Å². The molecular weight excluding hydrogens is 314 g/mol. The second-order valence-electron chi connectivity index (χ2n) is 5.40. The number of nitrogens with one attached hydrogen (secondary N) is 1. The van der Waals surface area contributed by atoms with Crippen molar-refractivity contribution in [3.63, 3.8) is 0 Å². The summed E-state index contributed by atoms with van der Waals surface area (Å²) in [4.78, 5) is 3.85. The molecule has 0 fully saturated rings. The van der Waals surface area contributed by atoms with E-state index in [1.807, 2.05) is 0 Å². The van der Waals surface area contributed by atoms with Crippen LogP contribution in [0.3, 0.4) is 0 Å². The lowest BCUT2D eigenvalue weighted by Gasteiger charge is -2.27. The molecule has 1 N–H and O–H groups in total. The van der Waals surface area contributed by atoms with Gasteiger partial charge >= 0.3 is 12.4 Å². The molecule has 22 heavy (non-hydrogen) atoms. The quantitative estimate of drug-likeness (QED) is 0.820. The minimum atomic E-state index is -4.57. The third kappa shape index (κ3) is 2.17. The Labute approximate surface area is 120 Å². The van der Waals surface area contributed by atoms with Crippen molar-refractivity contribution in [1.29, 1.82) is 0 Å². The third-order valence-electron chi connectivity index (χ3n) is 3.70. The smallest absolute Gasteiger partial charge is 0.381 e. The zero-order chi connectivity index (χ0) is 16.3. The van der Waals surface area contributed by atoms with Gasteiger partial charge in [-0.25, -0.2) is 9.50 Å². The molecule has 1 atom stereocenters. The number of nitrogens with zero attached hydrogens (tertiary/aromatic N) is 3. The number of hydrogen-bond acceptors (Lipinski definition) is 3. The van der Waals surface area contributed by atoms with Crippen LogP contribution < -0.4 is 5.32 Å². The first kappa shape index (κ1) is 14.9. The van der Waals surface area contributed by atoms with Gasteiger partial charge in [-0.05, 0) is 6.92 Å². The lowest BCUT2D eigenvalue weighted by Crippen LogP contribution is -2.42. The van der Waals surface area contributed by atoms with Gasteiger partial charge in [0.2, 0.25) is 0 Å². The fraction of sp³-hybridized carbons (Fsp3) is 0.500. The molecule has 10 heteroatoms. The van der Waals surface area contributed by atoms with Crippen LogP contribution in [0.25, 0.3) is 5.65 Å². The minimum absolute atomic E-state index is 0.0443. The summed E-state index contributed by atoms with van der Waals surface area (Å²) in [5.41, 5.74) is -2.76. The summed E-state index contributed by atoms with van der Waals surface area (Å²) in [5, 5.41) is 6.25. The number of fused-ring (bicyclic) bond motifs is 3. The van der Waals surface area contributed by atoms with Crippen LogP contribution in [-0.4, -0.2) is 33.5 Å². The number of alkyl halides is 6. The lowest BCUT2D eigenvalue weighted by atomic mass is 9.88. The van der Waals surface area contributed by atoms with Crippen molar-refractivity contribution in [2.24, 2.45) is 0 Å². The first-order valence-corrected chi connectivity index (χ1v) is 6.27. The molecule has 0 radical (unpaired) electrons. The summed E-state index contributed by atoms with van der Waals surface area (Å²) in [5.74, 6) is 0. The molecule has 1 aliphatic heterocycles. The van der Waals surface area contributed by atoms with Gasteiger partial charge < -0.3 is 5.32 Å². The lowest BCUT2D eigenvalue weighted by molar-refractivity contribution is -0.181. The van der Waals surface area contributed by atoms with E-state index in [2.05, 4.69) is 15.4 Å². The highest BCUT2D eigenvalue weighted by Gasteiger charge is 2.57. The molecule has 2 aromatic rings. The maximum atomic E-state index is 13.3. The van der Waals surface area contributed by atoms with Crippen molar-refractivity contribution in [3.05, 3.63) is 23.7 Å². The van der Waals surface area contributed by atoms with E-state index in [0.717, 1.165) is 17.5 Å². The molecule has 0 spiro atoms. The van der Waals surface area contributed by atoms with E-state index in [4.69, 9.17) is 0 Å². The number of aromatic nitrogens is 3. The zero-order valence-electron chi connectivity index (χ0n) is 11.2. The average Bonchev–Trinajstić information content (AvgIpc) is 2.87. The summed E-state index contributed by atoms with van der Waals surface area (Å²) in [6, 6.07) is 1.04. The summed E-state index contributed by atoms with van der Waals surface area (Å²) in [6.45, 7) is 0.567. The van der Waals surface area contributed by atoms with Crippen molar-refractivity contribution in [3.8, 4) is 0 Å². The summed E-state index contributed by atoms with van der Waals surface area (Å²) in [7, 11) is 0. The Kier molecular flexibility index (Phi) is 2.89. The Morgan fingerprint density at radius 2 is 1.95 bits per heavy atom. The molecule has 3 rings (SSSR count). The molecule has 0 aliphatic carbocycles. The van der Waals surface area contributed by atoms with Gasteiger partial charge in [-0.1, -0.05) is 0 Å². The molecule has 4 nitrogen and oxygen atoms in total. The molecule has 0 aromatic carbocycles. The maximum Gasteiger partial charge on any atom is 0.401 e. The Morgan fingerprint density at radius 1 is 1.27 bits per heavy atom. The van der Waals surface area contributed by atoms with Gasteiger partial charge in [-0.3, -0.25) is 0 Å². The van der Waals surface area contributed by atoms with Crippen LogP contribution in [0.1, 0.15) is 18.3 Å². The van der Waals surface area contributed by atoms with Crippen LogP contribution in [0.4, 0.5) is 32.0 Å². The molecule has 1 unspecified atom stereocenters. The van der Waals surface area contributed by atoms with Crippen LogP contribution in [-0.2, 0) is 11.8 Å². The van der Waals surface area contributed by atoms with Gasteiger partial charge in [0.15, 0.2) is 5.65 Å². The van der Waals surface area contributed by atoms with Crippen LogP contribution >= 0.6 is 0 Å². The number of halogens is 6. The van der Waals surface area contributed by atoms with Crippen molar-refractivity contribution in [2.45, 2.75) is 31.1 Å². The predicted octanol–water partition coefficient (Wildman–Crippen LogP) is 3.08. The molecule has 0 saturated carbocycles. The average molecular weight is 324 g/mol. The van der Waals surface area contributed by atoms with Gasteiger partial charge in [-0.15, -0.1) is 0 Å². The number of rotatable bonds is 1. The molecule has 3 heterocycles. The van der Waals surface area contributed by atoms with E-state index >= 15 is 0 Å². The first-order valence-electron chi connectivity index (χ1n) is 6.27. The van der Waals surface area contributed by atoms with E-state index in [0.29, 0.717) is 0 Å². The fourth-order valence-corrected chi connectivity index (χ4v) is 2.52. The van der Waals surface area contributed by atoms with Crippen LogP contribution in [0.5, 0.6) is 0 Å². The highest BCUT2D eigenvalue weighted by atomic mass is 19.4. The third-order valence-corrected chi connectivity index (χ3v) is 3.70. The summed E-state index contributed by atoms with van der Waals surface area (Å²) < 4.78 is 78.2. The van der Waals surface area contributed by atoms with Gasteiger partial charge in [0.1, 0.15) is 5.41 Å². The summed E-state index contributed by atoms with van der Waals surface area (Å²) >= 11 is 0. The Balaban J connectivity index is 2.18. The molecule has 0 saturated heterocycles. The van der Waals surface area contributed by atoms with Crippen molar-refractivity contribution >= 4 is 11.3 Å². The SMILES string of the molecule is CC1(C(F)(F)F)CNc2cnc3cc(CC(F)(F)F)nn3c21. The van der Waals surface area contributed by atoms with Crippen molar-refractivity contribution in [2.75, 3.05) is 11.9 Å². The standard InChI is InChI=1S/C12H10F6N4/c1-10(12(16,17)18)5-20-7-4-19-8-2-6(3-11(13,14)15)21-22(8)9(7)10/h2,4,20H,3,5H2,1H3. The highest BCUT2D eigenvalue weighted by Crippen LogP contribution is 2.47. The molecule has 120 valence electrons. The monoisotopic (exact) mass is 324 g/mol. The van der Waals surface area contributed by atoms with E-state index in [1.165, 1.54) is 6.20 Å². The number of anilines is 1. The molecule has 1 aliphatic rings. The van der Waals surface area contributed by atoms with E-state index in [-0.39, 0.29) is 22.7 Å². The predicted molar refractivity (Wildman–Crippen MR) is 64.6 cm³/mol. The van der Waals surface area contributed by atoms with Crippen LogP contribution in [0.2, 0.25) is 0 Å². The fourth-order valence-electron chi connectivity index (χ4n) is 2.52. The molecule has 0 amide bonds. The van der Waals surface area contributed by atoms with Gasteiger partial charge in [0.05, 0.1) is 29.7 Å². The highest BCUT2D eigenvalue weighted by molar-refractivity contribution is 5.60. The molecule has 0 bridgehead atoms. The molecular formula is C12H10F6N4. The van der Waals surface area contributed by atoms with Gasteiger partial charge in [0.25, 0.3) is 0 Å². The molecule has 2 aromatic heterocycles. The maximum absolute atomic E-state index is 13.3. The Morgan fingerprint density at radius 3 is 2.55 bits per heavy atom. The summed E-state index contributed by atoms with van der Waals surface area (Å²) in [6.07, 6.45) is -9.20. The first-order chi connectivity index (χ1) is 10.0. The van der Waals surface area contributed by atoms with Crippen molar-refractivity contribution < 1.29 is 26.3 Å². The Hall–Kier alpha value is -2.00. The topological polar surface area (TPSA) is 42.2 Å². The second-order valence-corrected chi connectivity index (χ2v) is 5.40. The minimum Gasteiger partial charge on any atom is -0.381 e. The van der Waals surface area contributed by atoms with Gasteiger partial charge in [-0.2, -0.15) is 31.4 Å². The number of hydrogen-bond donors (Lipinski definition) is 1. The largest absolute Gasteiger partial charge is 0.401 e.